The van der Waals surface area contributed by atoms with Gasteiger partial charge in [0.05, 0.1) is 5.69 Å². The van der Waals surface area contributed by atoms with Crippen LogP contribution < -0.4 is 0 Å². The summed E-state index contributed by atoms with van der Waals surface area (Å²) in [6.07, 6.45) is 3.10. The summed E-state index contributed by atoms with van der Waals surface area (Å²) in [5.74, 6) is 0. The Bertz CT molecular complexity index is 446. The molecule has 0 unspecified atom stereocenters. The van der Waals surface area contributed by atoms with E-state index in [9.17, 15) is 0 Å². The summed E-state index contributed by atoms with van der Waals surface area (Å²) in [4.78, 5) is 12.2. The number of nitrogens with zero attached hydrogens (tertiary/aromatic N) is 3. The van der Waals surface area contributed by atoms with Gasteiger partial charge in [0.15, 0.2) is 0 Å². The third-order valence-corrected chi connectivity index (χ3v) is 2.63. The second kappa shape index (κ2) is 4.10. The van der Waals surface area contributed by atoms with Crippen molar-refractivity contribution in [2.75, 3.05) is 0 Å². The van der Waals surface area contributed by atoms with Gasteiger partial charge in [0, 0.05) is 6.07 Å². The van der Waals surface area contributed by atoms with Gasteiger partial charge in [-0.15, -0.1) is 0 Å². The van der Waals surface area contributed by atoms with Crippen LogP contribution >= 0.6 is 27.7 Å². The molecule has 2 aromatic heterocycles. The van der Waals surface area contributed by atoms with E-state index in [4.69, 9.17) is 4.42 Å². The van der Waals surface area contributed by atoms with Crippen molar-refractivity contribution < 1.29 is 4.42 Å². The molecule has 14 heavy (non-hydrogen) atoms. The molecule has 0 saturated carbocycles. The fourth-order valence-corrected chi connectivity index (χ4v) is 2.04. The van der Waals surface area contributed by atoms with Crippen molar-refractivity contribution in [1.82, 2.24) is 15.0 Å². The maximum atomic E-state index is 5.18. The summed E-state index contributed by atoms with van der Waals surface area (Å²) in [6, 6.07) is 1.81. The third-order valence-electron chi connectivity index (χ3n) is 1.40. The predicted molar refractivity (Wildman–Crippen MR) is 55.1 cm³/mol. The molecule has 2 rings (SSSR count). The minimum Gasteiger partial charge on any atom is -0.439 e. The average Bonchev–Trinajstić information content (AvgIpc) is 2.51. The lowest BCUT2D eigenvalue weighted by Crippen LogP contribution is -1.82. The Kier molecular flexibility index (Phi) is 2.83. The fourth-order valence-electron chi connectivity index (χ4n) is 0.842. The zero-order valence-corrected chi connectivity index (χ0v) is 9.67. The van der Waals surface area contributed by atoms with Crippen LogP contribution in [0.4, 0.5) is 0 Å². The van der Waals surface area contributed by atoms with Crippen LogP contribution in [0.1, 0.15) is 5.69 Å². The summed E-state index contributed by atoms with van der Waals surface area (Å²) < 4.78 is 5.93. The van der Waals surface area contributed by atoms with E-state index in [2.05, 4.69) is 30.9 Å². The standard InChI is InChI=1S/C8H6BrN3OS/c1-5-3-13-8(12-5)14-7-2-6(9)10-4-11-7/h2-4H,1H3. The van der Waals surface area contributed by atoms with E-state index in [1.54, 1.807) is 6.26 Å². The largest absolute Gasteiger partial charge is 0.439 e. The lowest BCUT2D eigenvalue weighted by atomic mass is 10.6. The molecule has 0 N–H and O–H groups in total. The molecule has 6 heteroatoms. The van der Waals surface area contributed by atoms with Crippen LogP contribution in [0.25, 0.3) is 0 Å². The first-order chi connectivity index (χ1) is 6.74. The molecule has 0 aromatic carbocycles. The predicted octanol–water partition coefficient (Wildman–Crippen LogP) is 2.69. The first-order valence-electron chi connectivity index (χ1n) is 3.81. The zero-order valence-electron chi connectivity index (χ0n) is 7.27. The van der Waals surface area contributed by atoms with Gasteiger partial charge in [0.1, 0.15) is 22.2 Å². The van der Waals surface area contributed by atoms with E-state index in [1.807, 2.05) is 13.0 Å². The highest BCUT2D eigenvalue weighted by Crippen LogP contribution is 2.25. The molecule has 0 aliphatic heterocycles. The normalized spacial score (nSPS) is 10.4. The molecule has 2 heterocycles. The first kappa shape index (κ1) is 9.67. The van der Waals surface area contributed by atoms with Gasteiger partial charge in [-0.2, -0.15) is 0 Å². The van der Waals surface area contributed by atoms with E-state index in [1.165, 1.54) is 18.1 Å². The zero-order chi connectivity index (χ0) is 9.97. The molecule has 0 atom stereocenters. The Morgan fingerprint density at radius 3 is 2.93 bits per heavy atom. The Morgan fingerprint density at radius 2 is 2.29 bits per heavy atom. The van der Waals surface area contributed by atoms with Crippen molar-refractivity contribution in [1.29, 1.82) is 0 Å². The van der Waals surface area contributed by atoms with Gasteiger partial charge in [0.2, 0.25) is 0 Å². The Labute approximate surface area is 93.3 Å². The van der Waals surface area contributed by atoms with E-state index in [0.717, 1.165) is 15.3 Å². The molecule has 0 saturated heterocycles. The monoisotopic (exact) mass is 271 g/mol. The van der Waals surface area contributed by atoms with E-state index in [0.29, 0.717) is 5.22 Å². The first-order valence-corrected chi connectivity index (χ1v) is 5.42. The number of rotatable bonds is 2. The average molecular weight is 272 g/mol. The minimum absolute atomic E-state index is 0.591. The van der Waals surface area contributed by atoms with Gasteiger partial charge in [-0.3, -0.25) is 0 Å². The smallest absolute Gasteiger partial charge is 0.262 e. The van der Waals surface area contributed by atoms with Crippen LogP contribution in [0.5, 0.6) is 0 Å². The van der Waals surface area contributed by atoms with Gasteiger partial charge in [0.25, 0.3) is 5.22 Å². The Hall–Kier alpha value is -0.880. The highest BCUT2D eigenvalue weighted by Gasteiger charge is 2.04. The second-order valence-corrected chi connectivity index (χ2v) is 4.32. The maximum absolute atomic E-state index is 5.18. The van der Waals surface area contributed by atoms with E-state index >= 15 is 0 Å². The number of oxazole rings is 1. The molecule has 0 aliphatic carbocycles. The summed E-state index contributed by atoms with van der Waals surface area (Å²) in [5.41, 5.74) is 0.862. The van der Waals surface area contributed by atoms with Crippen molar-refractivity contribution in [2.24, 2.45) is 0 Å². The number of hydrogen-bond acceptors (Lipinski definition) is 5. The van der Waals surface area contributed by atoms with Gasteiger partial charge >= 0.3 is 0 Å². The van der Waals surface area contributed by atoms with Gasteiger partial charge in [-0.25, -0.2) is 15.0 Å². The van der Waals surface area contributed by atoms with Gasteiger partial charge in [-0.1, -0.05) is 0 Å². The van der Waals surface area contributed by atoms with Crippen LogP contribution in [0, 0.1) is 6.92 Å². The SMILES string of the molecule is Cc1coc(Sc2cc(Br)ncn2)n1. The molecule has 4 nitrogen and oxygen atoms in total. The van der Waals surface area contributed by atoms with Crippen molar-refractivity contribution in [3.63, 3.8) is 0 Å². The maximum Gasteiger partial charge on any atom is 0.262 e. The molecule has 2 aromatic rings. The number of aromatic nitrogens is 3. The summed E-state index contributed by atoms with van der Waals surface area (Å²) in [7, 11) is 0. The van der Waals surface area contributed by atoms with Gasteiger partial charge in [-0.05, 0) is 34.6 Å². The summed E-state index contributed by atoms with van der Waals surface area (Å²) in [5, 5.41) is 1.39. The second-order valence-electron chi connectivity index (χ2n) is 2.54. The number of halogens is 1. The molecule has 72 valence electrons. The summed E-state index contributed by atoms with van der Waals surface area (Å²) in [6.45, 7) is 1.88. The lowest BCUT2D eigenvalue weighted by molar-refractivity contribution is 0.453. The minimum atomic E-state index is 0.591. The Balaban J connectivity index is 2.18. The van der Waals surface area contributed by atoms with Crippen molar-refractivity contribution in [2.45, 2.75) is 17.2 Å². The molecule has 0 bridgehead atoms. The molecule has 0 amide bonds. The fraction of sp³-hybridized carbons (Fsp3) is 0.125. The highest BCUT2D eigenvalue weighted by molar-refractivity contribution is 9.10. The molecule has 0 radical (unpaired) electrons. The lowest BCUT2D eigenvalue weighted by Gasteiger charge is -1.94. The molecule has 0 aliphatic rings. The van der Waals surface area contributed by atoms with Crippen molar-refractivity contribution in [3.8, 4) is 0 Å². The quantitative estimate of drug-likeness (QED) is 0.787. The Morgan fingerprint density at radius 1 is 1.43 bits per heavy atom. The molecule has 0 spiro atoms. The van der Waals surface area contributed by atoms with Crippen molar-refractivity contribution >= 4 is 27.7 Å². The topological polar surface area (TPSA) is 51.8 Å². The van der Waals surface area contributed by atoms with Gasteiger partial charge < -0.3 is 4.42 Å². The molecular formula is C8H6BrN3OS. The summed E-state index contributed by atoms with van der Waals surface area (Å²) >= 11 is 4.63. The number of hydrogen-bond donors (Lipinski definition) is 0. The van der Waals surface area contributed by atoms with Crippen molar-refractivity contribution in [3.05, 3.63) is 29.0 Å². The number of aryl methyl sites for hydroxylation is 1. The molecular weight excluding hydrogens is 266 g/mol. The van der Waals surface area contributed by atoms with Crippen LogP contribution in [0.2, 0.25) is 0 Å². The third kappa shape index (κ3) is 2.33. The highest BCUT2D eigenvalue weighted by atomic mass is 79.9. The van der Waals surface area contributed by atoms with Crippen LogP contribution in [0.15, 0.2) is 37.9 Å². The van der Waals surface area contributed by atoms with Crippen LogP contribution in [0.3, 0.4) is 0 Å². The van der Waals surface area contributed by atoms with E-state index in [-0.39, 0.29) is 0 Å². The van der Waals surface area contributed by atoms with E-state index < -0.39 is 0 Å². The molecule has 0 fully saturated rings. The van der Waals surface area contributed by atoms with Crippen LogP contribution in [-0.2, 0) is 0 Å². The van der Waals surface area contributed by atoms with Crippen LogP contribution in [-0.4, -0.2) is 15.0 Å².